The van der Waals surface area contributed by atoms with Crippen LogP contribution in [0.25, 0.3) is 6.08 Å². The van der Waals surface area contributed by atoms with Crippen LogP contribution in [0.3, 0.4) is 0 Å². The van der Waals surface area contributed by atoms with Gasteiger partial charge in [-0.25, -0.2) is 0 Å². The predicted octanol–water partition coefficient (Wildman–Crippen LogP) is 4.43. The van der Waals surface area contributed by atoms with Gasteiger partial charge in [0, 0.05) is 5.02 Å². The fraction of sp³-hybridized carbons (Fsp3) is 0.150. The smallest absolute Gasteiger partial charge is 0.306 e. The van der Waals surface area contributed by atoms with Gasteiger partial charge in [0.15, 0.2) is 0 Å². The second-order valence-corrected chi connectivity index (χ2v) is 7.39. The maximum absolute atomic E-state index is 12.6. The molecule has 144 valence electrons. The summed E-state index contributed by atoms with van der Waals surface area (Å²) >= 11 is 6.75. The molecule has 1 fully saturated rings. The van der Waals surface area contributed by atoms with E-state index in [0.717, 1.165) is 22.9 Å². The van der Waals surface area contributed by atoms with Crippen molar-refractivity contribution < 1.29 is 24.2 Å². The van der Waals surface area contributed by atoms with Gasteiger partial charge in [-0.2, -0.15) is 0 Å². The molecule has 1 N–H and O–H groups in total. The standard InChI is InChI=1S/C20H16ClNO5S/c21-15-5-1-14(2-6-15)12-22-19(25)17(28-20(22)26)11-13-3-7-16(8-4-13)27-10-9-18(23)24/h1-8,11H,9-10,12H2,(H,23,24)/b17-11+. The Kier molecular flexibility index (Phi) is 6.38. The van der Waals surface area contributed by atoms with E-state index in [1.165, 1.54) is 4.90 Å². The molecule has 0 radical (unpaired) electrons. The monoisotopic (exact) mass is 417 g/mol. The maximum Gasteiger partial charge on any atom is 0.306 e. The minimum absolute atomic E-state index is 0.0808. The van der Waals surface area contributed by atoms with Gasteiger partial charge in [-0.05, 0) is 53.2 Å². The molecule has 2 amide bonds. The summed E-state index contributed by atoms with van der Waals surface area (Å²) in [6.45, 7) is 0.272. The molecule has 0 unspecified atom stereocenters. The highest BCUT2D eigenvalue weighted by molar-refractivity contribution is 8.18. The zero-order valence-electron chi connectivity index (χ0n) is 14.6. The molecule has 1 saturated heterocycles. The first kappa shape index (κ1) is 20.0. The number of hydrogen-bond donors (Lipinski definition) is 1. The Hall–Kier alpha value is -2.77. The van der Waals surface area contributed by atoms with E-state index in [1.807, 2.05) is 0 Å². The van der Waals surface area contributed by atoms with E-state index >= 15 is 0 Å². The summed E-state index contributed by atoms with van der Waals surface area (Å²) in [5, 5.41) is 8.88. The van der Waals surface area contributed by atoms with Gasteiger partial charge in [0.25, 0.3) is 11.1 Å². The average molecular weight is 418 g/mol. The summed E-state index contributed by atoms with van der Waals surface area (Å²) in [5.74, 6) is -0.730. The SMILES string of the molecule is O=C(O)CCOc1ccc(/C=C2/SC(=O)N(Cc3ccc(Cl)cc3)C2=O)cc1. The summed E-state index contributed by atoms with van der Waals surface area (Å²) in [4.78, 5) is 36.8. The quantitative estimate of drug-likeness (QED) is 0.671. The fourth-order valence-electron chi connectivity index (χ4n) is 2.48. The van der Waals surface area contributed by atoms with Crippen molar-refractivity contribution in [3.63, 3.8) is 0 Å². The van der Waals surface area contributed by atoms with Crippen LogP contribution in [0.4, 0.5) is 4.79 Å². The van der Waals surface area contributed by atoms with E-state index in [9.17, 15) is 14.4 Å². The lowest BCUT2D eigenvalue weighted by molar-refractivity contribution is -0.137. The number of rotatable bonds is 7. The van der Waals surface area contributed by atoms with Gasteiger partial charge < -0.3 is 9.84 Å². The van der Waals surface area contributed by atoms with Crippen LogP contribution >= 0.6 is 23.4 Å². The van der Waals surface area contributed by atoms with E-state index in [1.54, 1.807) is 54.6 Å². The number of carboxylic acid groups (broad SMARTS) is 1. The summed E-state index contributed by atoms with van der Waals surface area (Å²) in [5.41, 5.74) is 1.55. The minimum Gasteiger partial charge on any atom is -0.493 e. The second kappa shape index (κ2) is 8.95. The largest absolute Gasteiger partial charge is 0.493 e. The molecule has 0 aliphatic carbocycles. The number of halogens is 1. The predicted molar refractivity (Wildman–Crippen MR) is 107 cm³/mol. The van der Waals surface area contributed by atoms with Gasteiger partial charge in [-0.1, -0.05) is 35.9 Å². The zero-order valence-corrected chi connectivity index (χ0v) is 16.2. The third kappa shape index (κ3) is 5.15. The van der Waals surface area contributed by atoms with Crippen LogP contribution in [0.5, 0.6) is 5.75 Å². The van der Waals surface area contributed by atoms with Gasteiger partial charge in [-0.3, -0.25) is 19.3 Å². The van der Waals surface area contributed by atoms with E-state index in [4.69, 9.17) is 21.4 Å². The molecule has 1 aliphatic rings. The van der Waals surface area contributed by atoms with E-state index in [2.05, 4.69) is 0 Å². The molecule has 0 atom stereocenters. The fourth-order valence-corrected chi connectivity index (χ4v) is 3.44. The lowest BCUT2D eigenvalue weighted by Gasteiger charge is -2.12. The molecular formula is C20H16ClNO5S. The summed E-state index contributed by atoms with van der Waals surface area (Å²) in [7, 11) is 0. The highest BCUT2D eigenvalue weighted by Crippen LogP contribution is 2.33. The number of carboxylic acids is 1. The molecule has 2 aromatic carbocycles. The van der Waals surface area contributed by atoms with Gasteiger partial charge >= 0.3 is 5.97 Å². The number of benzene rings is 2. The van der Waals surface area contributed by atoms with Crippen molar-refractivity contribution in [3.8, 4) is 5.75 Å². The first-order valence-corrected chi connectivity index (χ1v) is 9.56. The number of ether oxygens (including phenoxy) is 1. The topological polar surface area (TPSA) is 83.9 Å². The van der Waals surface area contributed by atoms with Crippen molar-refractivity contribution >= 4 is 46.6 Å². The normalized spacial score (nSPS) is 15.3. The third-order valence-corrected chi connectivity index (χ3v) is 5.05. The lowest BCUT2D eigenvalue weighted by atomic mass is 10.2. The van der Waals surface area contributed by atoms with Crippen molar-refractivity contribution in [1.82, 2.24) is 4.90 Å². The zero-order chi connectivity index (χ0) is 20.1. The van der Waals surface area contributed by atoms with E-state index in [-0.39, 0.29) is 30.7 Å². The van der Waals surface area contributed by atoms with Gasteiger partial charge in [0.05, 0.1) is 24.5 Å². The Morgan fingerprint density at radius 2 is 1.79 bits per heavy atom. The van der Waals surface area contributed by atoms with Crippen LogP contribution in [0.15, 0.2) is 53.4 Å². The molecule has 2 aromatic rings. The molecule has 0 aromatic heterocycles. The summed E-state index contributed by atoms with van der Waals surface area (Å²) in [6, 6.07) is 13.8. The molecule has 0 bridgehead atoms. The Morgan fingerprint density at radius 1 is 1.11 bits per heavy atom. The summed E-state index contributed by atoms with van der Waals surface area (Å²) in [6.07, 6.45) is 1.57. The molecule has 1 aliphatic heterocycles. The Morgan fingerprint density at radius 3 is 2.43 bits per heavy atom. The second-order valence-electron chi connectivity index (χ2n) is 5.96. The average Bonchev–Trinajstić information content (AvgIpc) is 2.92. The van der Waals surface area contributed by atoms with Crippen LogP contribution in [-0.4, -0.2) is 33.7 Å². The number of amides is 2. The first-order chi connectivity index (χ1) is 13.4. The number of carbonyl (C=O) groups is 3. The lowest BCUT2D eigenvalue weighted by Crippen LogP contribution is -2.27. The molecule has 0 saturated carbocycles. The third-order valence-electron chi connectivity index (χ3n) is 3.89. The Bertz CT molecular complexity index is 925. The molecule has 8 heteroatoms. The Labute approximate surface area is 170 Å². The highest BCUT2D eigenvalue weighted by atomic mass is 35.5. The van der Waals surface area contributed by atoms with Crippen molar-refractivity contribution in [2.75, 3.05) is 6.61 Å². The van der Waals surface area contributed by atoms with Crippen LogP contribution in [0, 0.1) is 0 Å². The number of carbonyl (C=O) groups excluding carboxylic acids is 2. The molecule has 28 heavy (non-hydrogen) atoms. The maximum atomic E-state index is 12.6. The van der Waals surface area contributed by atoms with Crippen molar-refractivity contribution in [2.45, 2.75) is 13.0 Å². The van der Waals surface area contributed by atoms with E-state index < -0.39 is 5.97 Å². The molecule has 1 heterocycles. The molecule has 0 spiro atoms. The number of hydrogen-bond acceptors (Lipinski definition) is 5. The van der Waals surface area contributed by atoms with Crippen molar-refractivity contribution in [1.29, 1.82) is 0 Å². The summed E-state index contributed by atoms with van der Waals surface area (Å²) < 4.78 is 5.33. The van der Waals surface area contributed by atoms with Gasteiger partial charge in [0.2, 0.25) is 0 Å². The van der Waals surface area contributed by atoms with E-state index in [0.29, 0.717) is 15.7 Å². The van der Waals surface area contributed by atoms with Crippen LogP contribution in [0.2, 0.25) is 5.02 Å². The van der Waals surface area contributed by atoms with Gasteiger partial charge in [0.1, 0.15) is 5.75 Å². The molecular weight excluding hydrogens is 402 g/mol. The number of nitrogens with zero attached hydrogens (tertiary/aromatic N) is 1. The molecule has 3 rings (SSSR count). The van der Waals surface area contributed by atoms with Crippen LogP contribution in [-0.2, 0) is 16.1 Å². The van der Waals surface area contributed by atoms with Crippen LogP contribution < -0.4 is 4.74 Å². The van der Waals surface area contributed by atoms with Crippen molar-refractivity contribution in [2.24, 2.45) is 0 Å². The van der Waals surface area contributed by atoms with Gasteiger partial charge in [-0.15, -0.1) is 0 Å². The first-order valence-electron chi connectivity index (χ1n) is 8.37. The molecule has 6 nitrogen and oxygen atoms in total. The van der Waals surface area contributed by atoms with Crippen molar-refractivity contribution in [3.05, 3.63) is 69.6 Å². The van der Waals surface area contributed by atoms with Crippen LogP contribution in [0.1, 0.15) is 17.5 Å². The Balaban J connectivity index is 1.65. The highest BCUT2D eigenvalue weighted by Gasteiger charge is 2.34. The number of imide groups is 1. The number of thioether (sulfide) groups is 1. The minimum atomic E-state index is -0.925. The number of aliphatic carboxylic acids is 1.